The minimum atomic E-state index is 0.000922. The molecule has 0 N–H and O–H groups in total. The number of furan rings is 1. The van der Waals surface area contributed by atoms with Gasteiger partial charge in [-0.15, -0.1) is 0 Å². The van der Waals surface area contributed by atoms with E-state index in [2.05, 4.69) is 13.0 Å². The summed E-state index contributed by atoms with van der Waals surface area (Å²) in [5.74, 6) is 2.56. The Morgan fingerprint density at radius 2 is 1.71 bits per heavy atom. The Balaban J connectivity index is 1.82. The molecule has 1 heterocycles. The van der Waals surface area contributed by atoms with Crippen LogP contribution in [-0.4, -0.2) is 39.2 Å². The van der Waals surface area contributed by atoms with Crippen LogP contribution in [0.5, 0.6) is 17.2 Å². The van der Waals surface area contributed by atoms with E-state index in [-0.39, 0.29) is 12.3 Å². The van der Waals surface area contributed by atoms with Gasteiger partial charge in [0.15, 0.2) is 11.5 Å². The number of ether oxygens (including phenoxy) is 3. The molecule has 0 atom stereocenters. The Kier molecular flexibility index (Phi) is 7.45. The minimum Gasteiger partial charge on any atom is -0.493 e. The summed E-state index contributed by atoms with van der Waals surface area (Å²) in [6.45, 7) is 2.66. The number of fused-ring (bicyclic) bond motifs is 1. The summed E-state index contributed by atoms with van der Waals surface area (Å²) < 4.78 is 22.3. The van der Waals surface area contributed by atoms with Crippen LogP contribution in [0.4, 0.5) is 0 Å². The van der Waals surface area contributed by atoms with Crippen LogP contribution in [0, 0.1) is 0 Å². The monoisotopic (exact) mass is 425 g/mol. The van der Waals surface area contributed by atoms with E-state index in [4.69, 9.17) is 18.6 Å². The van der Waals surface area contributed by atoms with Crippen molar-refractivity contribution in [2.45, 2.75) is 39.2 Å². The molecule has 6 nitrogen and oxygen atoms in total. The standard InChI is InChI=1S/C25H31NO5/c1-6-7-11-21-19(18-10-8-9-12-20(18)31-21)16-26(2)24(27)15-17-13-22(28-3)25(30-5)23(14-17)29-4/h8-10,12-14H,6-7,11,15-16H2,1-5H3. The SMILES string of the molecule is CCCCc1oc2ccccc2c1CN(C)C(=O)Cc1cc(OC)c(OC)c(OC)c1. The fourth-order valence-electron chi connectivity index (χ4n) is 3.73. The van der Waals surface area contributed by atoms with E-state index < -0.39 is 0 Å². The maximum Gasteiger partial charge on any atom is 0.227 e. The number of nitrogens with zero attached hydrogens (tertiary/aromatic N) is 1. The molecule has 0 fully saturated rings. The average Bonchev–Trinajstić information content (AvgIpc) is 3.13. The number of aryl methyl sites for hydroxylation is 1. The number of rotatable bonds is 10. The quantitative estimate of drug-likeness (QED) is 0.457. The molecule has 0 bridgehead atoms. The van der Waals surface area contributed by atoms with E-state index in [1.165, 1.54) is 0 Å². The molecule has 0 saturated carbocycles. The summed E-state index contributed by atoms with van der Waals surface area (Å²) in [6.07, 6.45) is 3.24. The highest BCUT2D eigenvalue weighted by Crippen LogP contribution is 2.38. The number of unbranched alkanes of at least 4 members (excludes halogenated alkanes) is 1. The Labute approximate surface area is 183 Å². The molecule has 2 aromatic carbocycles. The number of hydrogen-bond acceptors (Lipinski definition) is 5. The second-order valence-corrected chi connectivity index (χ2v) is 7.56. The van der Waals surface area contributed by atoms with E-state index in [1.54, 1.807) is 26.2 Å². The van der Waals surface area contributed by atoms with Gasteiger partial charge in [0.1, 0.15) is 11.3 Å². The third-order valence-corrected chi connectivity index (χ3v) is 5.44. The molecule has 3 rings (SSSR count). The highest BCUT2D eigenvalue weighted by Gasteiger charge is 2.20. The number of benzene rings is 2. The molecule has 0 radical (unpaired) electrons. The van der Waals surface area contributed by atoms with Gasteiger partial charge in [-0.2, -0.15) is 0 Å². The first-order chi connectivity index (χ1) is 15.0. The highest BCUT2D eigenvalue weighted by molar-refractivity contribution is 5.84. The molecule has 0 saturated heterocycles. The maximum atomic E-state index is 13.0. The Bertz CT molecular complexity index is 1010. The third-order valence-electron chi connectivity index (χ3n) is 5.44. The zero-order valence-corrected chi connectivity index (χ0v) is 19.0. The van der Waals surface area contributed by atoms with E-state index in [9.17, 15) is 4.79 Å². The molecular weight excluding hydrogens is 394 g/mol. The normalized spacial score (nSPS) is 10.9. The van der Waals surface area contributed by atoms with Crippen molar-refractivity contribution >= 4 is 16.9 Å². The van der Waals surface area contributed by atoms with Gasteiger partial charge in [-0.1, -0.05) is 31.5 Å². The number of para-hydroxylation sites is 1. The largest absolute Gasteiger partial charge is 0.493 e. The number of amides is 1. The first-order valence-corrected chi connectivity index (χ1v) is 10.5. The Hall–Kier alpha value is -3.15. The molecule has 0 aliphatic heterocycles. The zero-order valence-electron chi connectivity index (χ0n) is 19.0. The van der Waals surface area contributed by atoms with Crippen molar-refractivity contribution in [3.8, 4) is 17.2 Å². The van der Waals surface area contributed by atoms with Crippen LogP contribution in [0.2, 0.25) is 0 Å². The number of hydrogen-bond donors (Lipinski definition) is 0. The van der Waals surface area contributed by atoms with Crippen LogP contribution >= 0.6 is 0 Å². The fourth-order valence-corrected chi connectivity index (χ4v) is 3.73. The molecule has 1 amide bonds. The zero-order chi connectivity index (χ0) is 22.4. The van der Waals surface area contributed by atoms with Gasteiger partial charge in [-0.05, 0) is 30.2 Å². The van der Waals surface area contributed by atoms with Crippen molar-refractivity contribution in [1.82, 2.24) is 4.90 Å². The summed E-state index contributed by atoms with van der Waals surface area (Å²) >= 11 is 0. The smallest absolute Gasteiger partial charge is 0.227 e. The number of methoxy groups -OCH3 is 3. The van der Waals surface area contributed by atoms with Crippen molar-refractivity contribution in [3.05, 3.63) is 53.3 Å². The van der Waals surface area contributed by atoms with Crippen LogP contribution in [0.3, 0.4) is 0 Å². The maximum absolute atomic E-state index is 13.0. The van der Waals surface area contributed by atoms with E-state index >= 15 is 0 Å². The Morgan fingerprint density at radius 3 is 2.32 bits per heavy atom. The second-order valence-electron chi connectivity index (χ2n) is 7.56. The lowest BCUT2D eigenvalue weighted by molar-refractivity contribution is -0.129. The number of carbonyl (C=O) groups is 1. The number of likely N-dealkylation sites (N-methyl/N-ethyl adjacent to an activating group) is 1. The molecular formula is C25H31NO5. The molecule has 31 heavy (non-hydrogen) atoms. The van der Waals surface area contributed by atoms with Crippen LogP contribution in [0.15, 0.2) is 40.8 Å². The molecule has 3 aromatic rings. The summed E-state index contributed by atoms with van der Waals surface area (Å²) in [4.78, 5) is 14.8. The molecule has 6 heteroatoms. The molecule has 0 aliphatic carbocycles. The van der Waals surface area contributed by atoms with Gasteiger partial charge in [-0.3, -0.25) is 4.79 Å². The van der Waals surface area contributed by atoms with E-state index in [0.717, 1.165) is 47.1 Å². The summed E-state index contributed by atoms with van der Waals surface area (Å²) in [6, 6.07) is 11.6. The summed E-state index contributed by atoms with van der Waals surface area (Å²) in [5.41, 5.74) is 2.76. The van der Waals surface area contributed by atoms with Crippen LogP contribution < -0.4 is 14.2 Å². The van der Waals surface area contributed by atoms with Crippen LogP contribution in [0.1, 0.15) is 36.7 Å². The predicted octanol–water partition coefficient (Wildman–Crippen LogP) is 5.00. The Morgan fingerprint density at radius 1 is 1.03 bits per heavy atom. The van der Waals surface area contributed by atoms with Gasteiger partial charge < -0.3 is 23.5 Å². The molecule has 0 spiro atoms. The van der Waals surface area contributed by atoms with Crippen molar-refractivity contribution in [2.24, 2.45) is 0 Å². The average molecular weight is 426 g/mol. The fraction of sp³-hybridized carbons (Fsp3) is 0.400. The van der Waals surface area contributed by atoms with Gasteiger partial charge in [-0.25, -0.2) is 0 Å². The van der Waals surface area contributed by atoms with Gasteiger partial charge in [0.2, 0.25) is 11.7 Å². The lowest BCUT2D eigenvalue weighted by Crippen LogP contribution is -2.28. The predicted molar refractivity (Wildman–Crippen MR) is 121 cm³/mol. The lowest BCUT2D eigenvalue weighted by atomic mass is 10.1. The van der Waals surface area contributed by atoms with Crippen molar-refractivity contribution in [2.75, 3.05) is 28.4 Å². The topological polar surface area (TPSA) is 61.1 Å². The van der Waals surface area contributed by atoms with Crippen LogP contribution in [-0.2, 0) is 24.2 Å². The molecule has 0 unspecified atom stereocenters. The number of carbonyl (C=O) groups excluding carboxylic acids is 1. The van der Waals surface area contributed by atoms with Crippen molar-refractivity contribution < 1.29 is 23.4 Å². The summed E-state index contributed by atoms with van der Waals surface area (Å²) in [5, 5.41) is 1.07. The lowest BCUT2D eigenvalue weighted by Gasteiger charge is -2.19. The molecule has 0 aliphatic rings. The molecule has 166 valence electrons. The van der Waals surface area contributed by atoms with E-state index in [0.29, 0.717) is 23.8 Å². The first kappa shape index (κ1) is 22.5. The van der Waals surface area contributed by atoms with E-state index in [1.807, 2.05) is 37.4 Å². The molecule has 1 aromatic heterocycles. The van der Waals surface area contributed by atoms with Gasteiger partial charge >= 0.3 is 0 Å². The van der Waals surface area contributed by atoms with Crippen molar-refractivity contribution in [3.63, 3.8) is 0 Å². The first-order valence-electron chi connectivity index (χ1n) is 10.5. The van der Waals surface area contributed by atoms with Crippen LogP contribution in [0.25, 0.3) is 11.0 Å². The summed E-state index contributed by atoms with van der Waals surface area (Å²) in [7, 11) is 6.52. The van der Waals surface area contributed by atoms with Crippen molar-refractivity contribution in [1.29, 1.82) is 0 Å². The third kappa shape index (κ3) is 4.95. The second kappa shape index (κ2) is 10.2. The minimum absolute atomic E-state index is 0.000922. The van der Waals surface area contributed by atoms with Gasteiger partial charge in [0, 0.05) is 31.0 Å². The highest BCUT2D eigenvalue weighted by atomic mass is 16.5. The van der Waals surface area contributed by atoms with Gasteiger partial charge in [0.05, 0.1) is 27.8 Å². The van der Waals surface area contributed by atoms with Gasteiger partial charge in [0.25, 0.3) is 0 Å².